The summed E-state index contributed by atoms with van der Waals surface area (Å²) in [6, 6.07) is 3.86. The number of aryl methyl sites for hydroxylation is 1. The highest BCUT2D eigenvalue weighted by atomic mass is 16.5. The highest BCUT2D eigenvalue weighted by Crippen LogP contribution is 2.15. The fourth-order valence-electron chi connectivity index (χ4n) is 1.07. The molecule has 0 radical (unpaired) electrons. The summed E-state index contributed by atoms with van der Waals surface area (Å²) in [6.07, 6.45) is 1.93. The number of hydrogen-bond donors (Lipinski definition) is 0. The Balaban J connectivity index is 2.77. The fraction of sp³-hybridized carbons (Fsp3) is 0.364. The maximum absolute atomic E-state index is 5.47. The van der Waals surface area contributed by atoms with Gasteiger partial charge in [0.25, 0.3) is 0 Å². The molecule has 1 aromatic heterocycles. The van der Waals surface area contributed by atoms with Gasteiger partial charge in [0.2, 0.25) is 0 Å². The van der Waals surface area contributed by atoms with Crippen LogP contribution in [-0.4, -0.2) is 11.1 Å². The normalized spacial score (nSPS) is 10.2. The van der Waals surface area contributed by atoms with Crippen LogP contribution in [0.2, 0.25) is 0 Å². The van der Waals surface area contributed by atoms with E-state index in [-0.39, 0.29) is 6.10 Å². The first-order chi connectivity index (χ1) is 6.09. The third kappa shape index (κ3) is 2.90. The highest BCUT2D eigenvalue weighted by molar-refractivity contribution is 5.57. The molecule has 0 aliphatic carbocycles. The summed E-state index contributed by atoms with van der Waals surface area (Å²) in [5.41, 5.74) is 1.98. The zero-order valence-corrected chi connectivity index (χ0v) is 8.37. The van der Waals surface area contributed by atoms with Gasteiger partial charge in [-0.2, -0.15) is 0 Å². The lowest BCUT2D eigenvalue weighted by molar-refractivity contribution is 0.205. The van der Waals surface area contributed by atoms with Gasteiger partial charge in [-0.3, -0.25) is 4.98 Å². The molecule has 0 amide bonds. The molecular weight excluding hydrogens is 162 g/mol. The molecule has 70 valence electrons. The topological polar surface area (TPSA) is 22.1 Å². The van der Waals surface area contributed by atoms with Crippen LogP contribution < -0.4 is 0 Å². The SMILES string of the molecule is C=C(OC(C)C)c1ccnc(C)c1. The molecule has 0 saturated carbocycles. The number of ether oxygens (including phenoxy) is 1. The third-order valence-corrected chi connectivity index (χ3v) is 1.60. The molecule has 0 aromatic carbocycles. The molecule has 1 rings (SSSR count). The van der Waals surface area contributed by atoms with Crippen LogP contribution in [0.3, 0.4) is 0 Å². The van der Waals surface area contributed by atoms with Gasteiger partial charge in [-0.15, -0.1) is 0 Å². The van der Waals surface area contributed by atoms with Crippen LogP contribution in [0, 0.1) is 6.92 Å². The Morgan fingerprint density at radius 2 is 2.23 bits per heavy atom. The first kappa shape index (κ1) is 9.78. The molecule has 0 unspecified atom stereocenters. The van der Waals surface area contributed by atoms with E-state index in [1.54, 1.807) is 6.20 Å². The minimum Gasteiger partial charge on any atom is -0.491 e. The van der Waals surface area contributed by atoms with Gasteiger partial charge >= 0.3 is 0 Å². The lowest BCUT2D eigenvalue weighted by atomic mass is 10.2. The van der Waals surface area contributed by atoms with E-state index in [0.29, 0.717) is 5.76 Å². The second kappa shape index (κ2) is 4.08. The molecule has 0 saturated heterocycles. The van der Waals surface area contributed by atoms with Crippen molar-refractivity contribution < 1.29 is 4.74 Å². The van der Waals surface area contributed by atoms with Gasteiger partial charge in [0.05, 0.1) is 6.10 Å². The van der Waals surface area contributed by atoms with Crippen molar-refractivity contribution in [3.63, 3.8) is 0 Å². The van der Waals surface area contributed by atoms with Crippen molar-refractivity contribution in [3.8, 4) is 0 Å². The number of aromatic nitrogens is 1. The Hall–Kier alpha value is -1.31. The Morgan fingerprint density at radius 1 is 1.54 bits per heavy atom. The maximum Gasteiger partial charge on any atom is 0.119 e. The summed E-state index contributed by atoms with van der Waals surface area (Å²) >= 11 is 0. The van der Waals surface area contributed by atoms with Crippen molar-refractivity contribution in [1.29, 1.82) is 0 Å². The summed E-state index contributed by atoms with van der Waals surface area (Å²) in [5.74, 6) is 0.709. The first-order valence-electron chi connectivity index (χ1n) is 4.38. The molecule has 0 atom stereocenters. The lowest BCUT2D eigenvalue weighted by Crippen LogP contribution is -2.01. The first-order valence-corrected chi connectivity index (χ1v) is 4.38. The molecule has 1 heterocycles. The number of hydrogen-bond acceptors (Lipinski definition) is 2. The van der Waals surface area contributed by atoms with E-state index in [4.69, 9.17) is 4.74 Å². The Morgan fingerprint density at radius 3 is 2.77 bits per heavy atom. The predicted octanol–water partition coefficient (Wildman–Crippen LogP) is 2.79. The molecule has 2 heteroatoms. The molecule has 0 aliphatic rings. The molecule has 1 aromatic rings. The van der Waals surface area contributed by atoms with Crippen LogP contribution >= 0.6 is 0 Å². The van der Waals surface area contributed by atoms with Crippen LogP contribution in [0.25, 0.3) is 5.76 Å². The molecule has 13 heavy (non-hydrogen) atoms. The van der Waals surface area contributed by atoms with E-state index in [0.717, 1.165) is 11.3 Å². The van der Waals surface area contributed by atoms with Crippen LogP contribution in [-0.2, 0) is 4.74 Å². The van der Waals surface area contributed by atoms with Gasteiger partial charge in [-0.25, -0.2) is 0 Å². The van der Waals surface area contributed by atoms with Crippen molar-refractivity contribution in [1.82, 2.24) is 4.98 Å². The molecular formula is C11H15NO. The minimum absolute atomic E-state index is 0.168. The minimum atomic E-state index is 0.168. The third-order valence-electron chi connectivity index (χ3n) is 1.60. The van der Waals surface area contributed by atoms with Gasteiger partial charge in [-0.05, 0) is 32.9 Å². The van der Waals surface area contributed by atoms with E-state index in [2.05, 4.69) is 11.6 Å². The van der Waals surface area contributed by atoms with E-state index in [1.165, 1.54) is 0 Å². The predicted molar refractivity (Wildman–Crippen MR) is 54.2 cm³/mol. The Bertz CT molecular complexity index is 305. The molecule has 0 fully saturated rings. The fourth-order valence-corrected chi connectivity index (χ4v) is 1.07. The van der Waals surface area contributed by atoms with Gasteiger partial charge in [0.15, 0.2) is 0 Å². The van der Waals surface area contributed by atoms with Crippen molar-refractivity contribution in [3.05, 3.63) is 36.2 Å². The summed E-state index contributed by atoms with van der Waals surface area (Å²) in [4.78, 5) is 4.10. The summed E-state index contributed by atoms with van der Waals surface area (Å²) in [7, 11) is 0. The monoisotopic (exact) mass is 177 g/mol. The zero-order chi connectivity index (χ0) is 9.84. The standard InChI is InChI=1S/C11H15NO/c1-8(2)13-10(4)11-5-6-12-9(3)7-11/h5-8H,4H2,1-3H3. The van der Waals surface area contributed by atoms with E-state index < -0.39 is 0 Å². The van der Waals surface area contributed by atoms with Crippen LogP contribution in [0.4, 0.5) is 0 Å². The van der Waals surface area contributed by atoms with Crippen LogP contribution in [0.5, 0.6) is 0 Å². The quantitative estimate of drug-likeness (QED) is 0.662. The maximum atomic E-state index is 5.47. The smallest absolute Gasteiger partial charge is 0.119 e. The molecule has 0 bridgehead atoms. The second-order valence-electron chi connectivity index (χ2n) is 3.28. The van der Waals surface area contributed by atoms with Gasteiger partial charge in [0.1, 0.15) is 5.76 Å². The number of pyridine rings is 1. The summed E-state index contributed by atoms with van der Waals surface area (Å²) in [6.45, 7) is 9.78. The van der Waals surface area contributed by atoms with Crippen LogP contribution in [0.15, 0.2) is 24.9 Å². The summed E-state index contributed by atoms with van der Waals surface area (Å²) < 4.78 is 5.47. The molecule has 0 N–H and O–H groups in total. The highest BCUT2D eigenvalue weighted by Gasteiger charge is 2.02. The van der Waals surface area contributed by atoms with Crippen LogP contribution in [0.1, 0.15) is 25.1 Å². The van der Waals surface area contributed by atoms with Gasteiger partial charge < -0.3 is 4.74 Å². The average Bonchev–Trinajstić information content (AvgIpc) is 2.03. The van der Waals surface area contributed by atoms with E-state index in [1.807, 2.05) is 32.9 Å². The average molecular weight is 177 g/mol. The molecule has 0 aliphatic heterocycles. The zero-order valence-electron chi connectivity index (χ0n) is 8.37. The van der Waals surface area contributed by atoms with Crippen molar-refractivity contribution in [2.24, 2.45) is 0 Å². The number of rotatable bonds is 3. The van der Waals surface area contributed by atoms with Crippen molar-refractivity contribution in [2.75, 3.05) is 0 Å². The largest absolute Gasteiger partial charge is 0.491 e. The van der Waals surface area contributed by atoms with Crippen molar-refractivity contribution >= 4 is 5.76 Å². The lowest BCUT2D eigenvalue weighted by Gasteiger charge is -2.12. The second-order valence-corrected chi connectivity index (χ2v) is 3.28. The summed E-state index contributed by atoms with van der Waals surface area (Å²) in [5, 5.41) is 0. The number of nitrogens with zero attached hydrogens (tertiary/aromatic N) is 1. The Kier molecular flexibility index (Phi) is 3.07. The van der Waals surface area contributed by atoms with E-state index in [9.17, 15) is 0 Å². The molecule has 0 spiro atoms. The Labute approximate surface area is 79.3 Å². The van der Waals surface area contributed by atoms with Gasteiger partial charge in [-0.1, -0.05) is 6.58 Å². The van der Waals surface area contributed by atoms with Crippen molar-refractivity contribution in [2.45, 2.75) is 26.9 Å². The van der Waals surface area contributed by atoms with E-state index >= 15 is 0 Å². The van der Waals surface area contributed by atoms with Gasteiger partial charge in [0, 0.05) is 17.5 Å². The molecule has 2 nitrogen and oxygen atoms in total.